The van der Waals surface area contributed by atoms with Crippen LogP contribution in [0, 0.1) is 0 Å². The standard InChI is InChI=1S/C22H25F3N2O2/c1-21(2,3)29-20(28)27-10-9-15-12-19(26-4)18(11-16(15)13-27)14-5-7-17(8-6-14)22(23,24)25/h5-8,11-12,26H,9-10,13H2,1-4H3. The lowest BCUT2D eigenvalue weighted by Crippen LogP contribution is -2.39. The van der Waals surface area contributed by atoms with Crippen LogP contribution in [-0.2, 0) is 23.9 Å². The minimum atomic E-state index is -4.37. The molecule has 0 bridgehead atoms. The van der Waals surface area contributed by atoms with Crippen molar-refractivity contribution in [3.63, 3.8) is 0 Å². The maximum Gasteiger partial charge on any atom is 0.416 e. The number of fused-ring (bicyclic) bond motifs is 1. The number of anilines is 1. The second-order valence-electron chi connectivity index (χ2n) is 8.14. The van der Waals surface area contributed by atoms with E-state index in [2.05, 4.69) is 5.32 Å². The average molecular weight is 406 g/mol. The second-order valence-corrected chi connectivity index (χ2v) is 8.14. The molecule has 1 aliphatic rings. The van der Waals surface area contributed by atoms with Crippen LogP contribution in [0.25, 0.3) is 11.1 Å². The molecule has 1 aliphatic heterocycles. The lowest BCUT2D eigenvalue weighted by Gasteiger charge is -2.32. The number of halogens is 3. The highest BCUT2D eigenvalue weighted by atomic mass is 19.4. The van der Waals surface area contributed by atoms with E-state index < -0.39 is 17.3 Å². The Morgan fingerprint density at radius 3 is 2.28 bits per heavy atom. The SMILES string of the molecule is CNc1cc2c(cc1-c1ccc(C(F)(F)F)cc1)CN(C(=O)OC(C)(C)C)CC2. The third-order valence-corrected chi connectivity index (χ3v) is 4.80. The van der Waals surface area contributed by atoms with Gasteiger partial charge in [-0.2, -0.15) is 13.2 Å². The summed E-state index contributed by atoms with van der Waals surface area (Å²) in [6.07, 6.45) is -4.04. The van der Waals surface area contributed by atoms with Gasteiger partial charge in [0.25, 0.3) is 0 Å². The number of amides is 1. The fourth-order valence-electron chi connectivity index (χ4n) is 3.38. The lowest BCUT2D eigenvalue weighted by atomic mass is 9.92. The van der Waals surface area contributed by atoms with Gasteiger partial charge >= 0.3 is 12.3 Å². The van der Waals surface area contributed by atoms with Crippen LogP contribution in [-0.4, -0.2) is 30.2 Å². The zero-order valence-corrected chi connectivity index (χ0v) is 17.0. The van der Waals surface area contributed by atoms with Crippen molar-refractivity contribution < 1.29 is 22.7 Å². The van der Waals surface area contributed by atoms with Gasteiger partial charge in [-0.3, -0.25) is 0 Å². The van der Waals surface area contributed by atoms with Crippen LogP contribution in [0.4, 0.5) is 23.7 Å². The highest BCUT2D eigenvalue weighted by molar-refractivity contribution is 5.80. The number of benzene rings is 2. The molecule has 3 rings (SSSR count). The van der Waals surface area contributed by atoms with E-state index in [1.165, 1.54) is 12.1 Å². The Bertz CT molecular complexity index is 900. The molecule has 0 saturated heterocycles. The van der Waals surface area contributed by atoms with Crippen molar-refractivity contribution in [1.82, 2.24) is 4.90 Å². The number of hydrogen-bond acceptors (Lipinski definition) is 3. The van der Waals surface area contributed by atoms with E-state index in [1.54, 1.807) is 11.9 Å². The Labute approximate surface area is 168 Å². The van der Waals surface area contributed by atoms with Gasteiger partial charge in [-0.1, -0.05) is 12.1 Å². The topological polar surface area (TPSA) is 41.6 Å². The number of alkyl halides is 3. The molecule has 1 N–H and O–H groups in total. The van der Waals surface area contributed by atoms with E-state index in [4.69, 9.17) is 4.74 Å². The summed E-state index contributed by atoms with van der Waals surface area (Å²) >= 11 is 0. The van der Waals surface area contributed by atoms with Crippen LogP contribution in [0.3, 0.4) is 0 Å². The molecule has 0 aliphatic carbocycles. The molecule has 0 unspecified atom stereocenters. The predicted molar refractivity (Wildman–Crippen MR) is 107 cm³/mol. The highest BCUT2D eigenvalue weighted by Gasteiger charge is 2.30. The van der Waals surface area contributed by atoms with Crippen molar-refractivity contribution >= 4 is 11.8 Å². The quantitative estimate of drug-likeness (QED) is 0.695. The summed E-state index contributed by atoms with van der Waals surface area (Å²) in [6, 6.07) is 9.07. The van der Waals surface area contributed by atoms with Crippen molar-refractivity contribution in [2.24, 2.45) is 0 Å². The maximum absolute atomic E-state index is 12.9. The first-order valence-electron chi connectivity index (χ1n) is 9.47. The molecule has 2 aromatic carbocycles. The number of nitrogens with one attached hydrogen (secondary N) is 1. The lowest BCUT2D eigenvalue weighted by molar-refractivity contribution is -0.137. The van der Waals surface area contributed by atoms with E-state index >= 15 is 0 Å². The molecular formula is C22H25F3N2O2. The van der Waals surface area contributed by atoms with Crippen molar-refractivity contribution in [1.29, 1.82) is 0 Å². The average Bonchev–Trinajstić information content (AvgIpc) is 2.64. The first kappa shape index (κ1) is 21.0. The van der Waals surface area contributed by atoms with Gasteiger partial charge in [0.05, 0.1) is 5.56 Å². The van der Waals surface area contributed by atoms with Gasteiger partial charge in [0, 0.05) is 31.4 Å². The fourth-order valence-corrected chi connectivity index (χ4v) is 3.38. The van der Waals surface area contributed by atoms with Crippen LogP contribution in [0.1, 0.15) is 37.5 Å². The smallest absolute Gasteiger partial charge is 0.416 e. The fraction of sp³-hybridized carbons (Fsp3) is 0.409. The number of carbonyl (C=O) groups excluding carboxylic acids is 1. The molecule has 29 heavy (non-hydrogen) atoms. The Balaban J connectivity index is 1.91. The van der Waals surface area contributed by atoms with Gasteiger partial charge < -0.3 is 15.0 Å². The van der Waals surface area contributed by atoms with Crippen molar-refractivity contribution in [2.75, 3.05) is 18.9 Å². The van der Waals surface area contributed by atoms with Gasteiger partial charge in [-0.25, -0.2) is 4.79 Å². The Morgan fingerprint density at radius 1 is 1.07 bits per heavy atom. The molecule has 0 saturated carbocycles. The van der Waals surface area contributed by atoms with Crippen LogP contribution in [0.5, 0.6) is 0 Å². The minimum Gasteiger partial charge on any atom is -0.444 e. The van der Waals surface area contributed by atoms with Crippen molar-refractivity contribution in [3.8, 4) is 11.1 Å². The summed E-state index contributed by atoms with van der Waals surface area (Å²) in [5.74, 6) is 0. The number of carbonyl (C=O) groups is 1. The summed E-state index contributed by atoms with van der Waals surface area (Å²) in [6.45, 7) is 6.44. The normalized spacial score (nSPS) is 14.4. The molecule has 0 spiro atoms. The zero-order chi connectivity index (χ0) is 21.4. The molecule has 2 aromatic rings. The number of ether oxygens (including phenoxy) is 1. The van der Waals surface area contributed by atoms with Crippen LogP contribution in [0.2, 0.25) is 0 Å². The predicted octanol–water partition coefficient (Wildman–Crippen LogP) is 5.71. The first-order chi connectivity index (χ1) is 13.5. The van der Waals surface area contributed by atoms with Gasteiger partial charge in [-0.05, 0) is 68.1 Å². The van der Waals surface area contributed by atoms with E-state index in [0.29, 0.717) is 25.1 Å². The Hall–Kier alpha value is -2.70. The molecule has 0 atom stereocenters. The van der Waals surface area contributed by atoms with E-state index in [9.17, 15) is 18.0 Å². The van der Waals surface area contributed by atoms with Crippen LogP contribution >= 0.6 is 0 Å². The molecular weight excluding hydrogens is 381 g/mol. The number of hydrogen-bond donors (Lipinski definition) is 1. The Morgan fingerprint density at radius 2 is 1.72 bits per heavy atom. The van der Waals surface area contributed by atoms with E-state index in [0.717, 1.165) is 34.5 Å². The Kier molecular flexibility index (Phi) is 5.52. The molecule has 7 heteroatoms. The van der Waals surface area contributed by atoms with Crippen molar-refractivity contribution in [3.05, 3.63) is 53.1 Å². The number of rotatable bonds is 2. The second kappa shape index (κ2) is 7.61. The summed E-state index contributed by atoms with van der Waals surface area (Å²) in [5, 5.41) is 3.13. The third kappa shape index (κ3) is 4.83. The zero-order valence-electron chi connectivity index (χ0n) is 17.0. The minimum absolute atomic E-state index is 0.364. The van der Waals surface area contributed by atoms with Gasteiger partial charge in [0.15, 0.2) is 0 Å². The van der Waals surface area contributed by atoms with Crippen LogP contribution < -0.4 is 5.32 Å². The first-order valence-corrected chi connectivity index (χ1v) is 9.47. The maximum atomic E-state index is 12.9. The van der Waals surface area contributed by atoms with Gasteiger partial charge in [-0.15, -0.1) is 0 Å². The molecule has 1 heterocycles. The van der Waals surface area contributed by atoms with E-state index in [-0.39, 0.29) is 6.09 Å². The van der Waals surface area contributed by atoms with E-state index in [1.807, 2.05) is 32.9 Å². The highest BCUT2D eigenvalue weighted by Crippen LogP contribution is 2.36. The summed E-state index contributed by atoms with van der Waals surface area (Å²) < 4.78 is 44.1. The molecule has 0 fully saturated rings. The van der Waals surface area contributed by atoms with Crippen LogP contribution in [0.15, 0.2) is 36.4 Å². The summed E-state index contributed by atoms with van der Waals surface area (Å²) in [7, 11) is 1.78. The molecule has 0 aromatic heterocycles. The largest absolute Gasteiger partial charge is 0.444 e. The molecule has 1 amide bonds. The third-order valence-electron chi connectivity index (χ3n) is 4.80. The van der Waals surface area contributed by atoms with Gasteiger partial charge in [0.2, 0.25) is 0 Å². The molecule has 156 valence electrons. The molecule has 4 nitrogen and oxygen atoms in total. The van der Waals surface area contributed by atoms with Crippen molar-refractivity contribution in [2.45, 2.75) is 45.5 Å². The summed E-state index contributed by atoms with van der Waals surface area (Å²) in [4.78, 5) is 14.1. The monoisotopic (exact) mass is 406 g/mol. The number of nitrogens with zero attached hydrogens (tertiary/aromatic N) is 1. The summed E-state index contributed by atoms with van der Waals surface area (Å²) in [5.41, 5.74) is 3.15. The van der Waals surface area contributed by atoms with Gasteiger partial charge in [0.1, 0.15) is 5.60 Å². The molecule has 0 radical (unpaired) electrons.